The highest BCUT2D eigenvalue weighted by molar-refractivity contribution is 6.31. The number of methoxy groups -OCH3 is 1. The van der Waals surface area contributed by atoms with Gasteiger partial charge in [0.2, 0.25) is 0 Å². The van der Waals surface area contributed by atoms with E-state index in [1.807, 2.05) is 51.2 Å². The molecule has 28 heavy (non-hydrogen) atoms. The van der Waals surface area contributed by atoms with Crippen LogP contribution in [0, 0.1) is 0 Å². The number of para-hydroxylation sites is 1. The van der Waals surface area contributed by atoms with Crippen LogP contribution in [-0.2, 0) is 9.59 Å². The van der Waals surface area contributed by atoms with E-state index in [0.29, 0.717) is 23.0 Å². The number of likely N-dealkylation sites (N-methyl/N-ethyl adjacent to an activating group) is 2. The van der Waals surface area contributed by atoms with Crippen molar-refractivity contribution in [2.24, 2.45) is 0 Å². The van der Waals surface area contributed by atoms with Crippen LogP contribution in [0.3, 0.4) is 0 Å². The minimum Gasteiger partial charge on any atom is -0.495 e. The molecule has 0 heterocycles. The van der Waals surface area contributed by atoms with E-state index in [9.17, 15) is 9.59 Å². The van der Waals surface area contributed by atoms with Crippen LogP contribution in [0.4, 0.5) is 11.4 Å². The van der Waals surface area contributed by atoms with Crippen molar-refractivity contribution in [1.82, 2.24) is 0 Å². The largest absolute Gasteiger partial charge is 0.495 e. The zero-order chi connectivity index (χ0) is 20.7. The highest BCUT2D eigenvalue weighted by Crippen LogP contribution is 2.27. The zero-order valence-corrected chi connectivity index (χ0v) is 17.4. The molecule has 150 valence electrons. The average Bonchev–Trinajstić information content (AvgIpc) is 2.68. The van der Waals surface area contributed by atoms with Gasteiger partial charge in [0.15, 0.2) is 12.6 Å². The number of anilines is 2. The van der Waals surface area contributed by atoms with E-state index >= 15 is 0 Å². The predicted molar refractivity (Wildman–Crippen MR) is 112 cm³/mol. The molecule has 1 unspecified atom stereocenters. The summed E-state index contributed by atoms with van der Waals surface area (Å²) in [5.41, 5.74) is 1.36. The van der Waals surface area contributed by atoms with Gasteiger partial charge >= 0.3 is 0 Å². The second-order valence-corrected chi connectivity index (χ2v) is 6.99. The summed E-state index contributed by atoms with van der Waals surface area (Å²) in [6, 6.07) is 14.2. The van der Waals surface area contributed by atoms with Crippen molar-refractivity contribution in [2.75, 3.05) is 37.5 Å². The highest BCUT2D eigenvalue weighted by Gasteiger charge is 2.28. The first-order valence-electron chi connectivity index (χ1n) is 9.19. The molecular weight excluding hydrogens is 378 g/mol. The van der Waals surface area contributed by atoms with Crippen LogP contribution in [0.1, 0.15) is 13.8 Å². The zero-order valence-electron chi connectivity index (χ0n) is 16.7. The number of hydrogen-bond donors (Lipinski definition) is 2. The molecule has 2 aromatic rings. The average molecular weight is 405 g/mol. The van der Waals surface area contributed by atoms with Crippen LogP contribution in [0.2, 0.25) is 5.02 Å². The number of carbonyl (C=O) groups is 2. The van der Waals surface area contributed by atoms with Gasteiger partial charge in [0.05, 0.1) is 19.8 Å². The molecule has 7 heteroatoms. The number of nitrogens with one attached hydrogen (secondary N) is 2. The van der Waals surface area contributed by atoms with Gasteiger partial charge in [-0.05, 0) is 44.2 Å². The predicted octanol–water partition coefficient (Wildman–Crippen LogP) is 2.24. The maximum Gasteiger partial charge on any atom is 0.284 e. The summed E-state index contributed by atoms with van der Waals surface area (Å²) in [5.74, 6) is 0.278. The molecule has 0 aliphatic carbocycles. The summed E-state index contributed by atoms with van der Waals surface area (Å²) in [6.07, 6.45) is 0. The fourth-order valence-electron chi connectivity index (χ4n) is 2.90. The number of carbonyl (C=O) groups excluding carboxylic acids is 2. The summed E-state index contributed by atoms with van der Waals surface area (Å²) in [4.78, 5) is 27.9. The van der Waals surface area contributed by atoms with Crippen LogP contribution in [0.15, 0.2) is 48.5 Å². The second kappa shape index (κ2) is 10.1. The molecule has 0 saturated heterocycles. The summed E-state index contributed by atoms with van der Waals surface area (Å²) >= 11 is 6.00. The summed E-state index contributed by atoms with van der Waals surface area (Å²) in [6.45, 7) is 4.46. The molecule has 0 saturated carbocycles. The molecular formula is C21H27ClN3O3+. The Morgan fingerprint density at radius 1 is 1.21 bits per heavy atom. The van der Waals surface area contributed by atoms with E-state index in [2.05, 4.69) is 5.32 Å². The molecule has 2 amide bonds. The Morgan fingerprint density at radius 3 is 2.50 bits per heavy atom. The normalized spacial score (nSPS) is 12.8. The van der Waals surface area contributed by atoms with Crippen molar-refractivity contribution in [3.05, 3.63) is 53.6 Å². The molecule has 6 nitrogen and oxygen atoms in total. The third kappa shape index (κ3) is 5.47. The van der Waals surface area contributed by atoms with E-state index in [0.717, 1.165) is 10.6 Å². The van der Waals surface area contributed by atoms with Gasteiger partial charge in [-0.1, -0.05) is 29.8 Å². The van der Waals surface area contributed by atoms with E-state index in [1.54, 1.807) is 23.1 Å². The van der Waals surface area contributed by atoms with E-state index < -0.39 is 0 Å². The van der Waals surface area contributed by atoms with E-state index in [4.69, 9.17) is 16.3 Å². The number of benzene rings is 2. The fraction of sp³-hybridized carbons (Fsp3) is 0.333. The van der Waals surface area contributed by atoms with Crippen molar-refractivity contribution in [1.29, 1.82) is 0 Å². The van der Waals surface area contributed by atoms with E-state index in [-0.39, 0.29) is 24.4 Å². The third-order valence-electron chi connectivity index (χ3n) is 4.63. The summed E-state index contributed by atoms with van der Waals surface area (Å²) in [7, 11) is 3.36. The van der Waals surface area contributed by atoms with E-state index in [1.165, 1.54) is 7.11 Å². The summed E-state index contributed by atoms with van der Waals surface area (Å²) < 4.78 is 5.25. The van der Waals surface area contributed by atoms with Gasteiger partial charge in [0.25, 0.3) is 11.8 Å². The minimum atomic E-state index is -0.382. The Bertz CT molecular complexity index is 814. The lowest BCUT2D eigenvalue weighted by Gasteiger charge is -2.27. The van der Waals surface area contributed by atoms with Gasteiger partial charge in [-0.15, -0.1) is 0 Å². The molecule has 2 rings (SSSR count). The number of rotatable bonds is 8. The van der Waals surface area contributed by atoms with Gasteiger partial charge in [-0.25, -0.2) is 0 Å². The standard InChI is InChI=1S/C21H26ClN3O3/c1-5-25(17-9-7-6-8-10-17)21(27)15(2)24(3)14-20(26)23-18-13-16(22)11-12-19(18)28-4/h6-13,15H,5,14H2,1-4H3,(H,23,26)/p+1/t15-/m1/s1. The van der Waals surface area contributed by atoms with Crippen molar-refractivity contribution >= 4 is 34.8 Å². The van der Waals surface area contributed by atoms with Crippen LogP contribution < -0.4 is 19.9 Å². The van der Waals surface area contributed by atoms with Gasteiger partial charge in [0, 0.05) is 17.3 Å². The van der Waals surface area contributed by atoms with Gasteiger partial charge in [-0.2, -0.15) is 0 Å². The van der Waals surface area contributed by atoms with Crippen LogP contribution in [-0.4, -0.2) is 45.1 Å². The lowest BCUT2D eigenvalue weighted by Crippen LogP contribution is -3.15. The number of halogens is 1. The lowest BCUT2D eigenvalue weighted by atomic mass is 10.2. The topological polar surface area (TPSA) is 63.1 Å². The molecule has 0 fully saturated rings. The number of amides is 2. The smallest absolute Gasteiger partial charge is 0.284 e. The molecule has 0 spiro atoms. The molecule has 0 aromatic heterocycles. The van der Waals surface area contributed by atoms with Gasteiger partial charge in [0.1, 0.15) is 5.75 Å². The Labute approximate surface area is 171 Å². The Morgan fingerprint density at radius 2 is 1.89 bits per heavy atom. The van der Waals surface area contributed by atoms with Crippen molar-refractivity contribution in [3.63, 3.8) is 0 Å². The number of ether oxygens (including phenoxy) is 1. The summed E-state index contributed by atoms with van der Waals surface area (Å²) in [5, 5.41) is 3.31. The maximum atomic E-state index is 12.9. The molecule has 0 bridgehead atoms. The maximum absolute atomic E-state index is 12.9. The van der Waals surface area contributed by atoms with Crippen molar-refractivity contribution < 1.29 is 19.2 Å². The van der Waals surface area contributed by atoms with Crippen molar-refractivity contribution in [3.8, 4) is 5.75 Å². The lowest BCUT2D eigenvalue weighted by molar-refractivity contribution is -0.885. The Kier molecular flexibility index (Phi) is 7.84. The molecule has 2 aromatic carbocycles. The second-order valence-electron chi connectivity index (χ2n) is 6.56. The molecule has 0 aliphatic heterocycles. The first kappa shape index (κ1) is 21.7. The quantitative estimate of drug-likeness (QED) is 0.709. The van der Waals surface area contributed by atoms with Crippen LogP contribution in [0.25, 0.3) is 0 Å². The van der Waals surface area contributed by atoms with Crippen molar-refractivity contribution in [2.45, 2.75) is 19.9 Å². The first-order chi connectivity index (χ1) is 13.4. The molecule has 0 aliphatic rings. The first-order valence-corrected chi connectivity index (χ1v) is 9.57. The van der Waals surface area contributed by atoms with Gasteiger partial charge in [-0.3, -0.25) is 9.59 Å². The Hall–Kier alpha value is -2.57. The molecule has 2 atom stereocenters. The highest BCUT2D eigenvalue weighted by atomic mass is 35.5. The SMILES string of the molecule is CCN(C(=O)[C@@H](C)[NH+](C)CC(=O)Nc1cc(Cl)ccc1OC)c1ccccc1. The monoisotopic (exact) mass is 404 g/mol. The molecule has 2 N–H and O–H groups in total. The third-order valence-corrected chi connectivity index (χ3v) is 4.87. The van der Waals surface area contributed by atoms with Crippen LogP contribution >= 0.6 is 11.6 Å². The number of nitrogens with zero attached hydrogens (tertiary/aromatic N) is 1. The fourth-order valence-corrected chi connectivity index (χ4v) is 3.07. The van der Waals surface area contributed by atoms with Gasteiger partial charge < -0.3 is 19.9 Å². The van der Waals surface area contributed by atoms with Crippen LogP contribution in [0.5, 0.6) is 5.75 Å². The molecule has 0 radical (unpaired) electrons. The number of quaternary nitrogens is 1. The minimum absolute atomic E-state index is 0.0284. The number of hydrogen-bond acceptors (Lipinski definition) is 3. The Balaban J connectivity index is 2.03.